The second kappa shape index (κ2) is 8.12. The van der Waals surface area contributed by atoms with Gasteiger partial charge in [-0.05, 0) is 42.8 Å². The van der Waals surface area contributed by atoms with Gasteiger partial charge in [-0.3, -0.25) is 9.52 Å². The maximum Gasteiger partial charge on any atom is 0.417 e. The molecule has 0 amide bonds. The van der Waals surface area contributed by atoms with Crippen LogP contribution < -0.4 is 4.72 Å². The van der Waals surface area contributed by atoms with Crippen LogP contribution in [0.5, 0.6) is 0 Å². The first-order chi connectivity index (χ1) is 14.0. The molecular formula is C21H15ClF3NO3S. The van der Waals surface area contributed by atoms with E-state index in [1.165, 1.54) is 12.1 Å². The van der Waals surface area contributed by atoms with E-state index in [0.717, 1.165) is 12.1 Å². The maximum absolute atomic E-state index is 13.1. The molecule has 0 saturated carbocycles. The Labute approximate surface area is 176 Å². The number of aryl methyl sites for hydroxylation is 1. The van der Waals surface area contributed by atoms with Crippen LogP contribution in [0.1, 0.15) is 27.0 Å². The number of hydrogen-bond acceptors (Lipinski definition) is 3. The van der Waals surface area contributed by atoms with Crippen molar-refractivity contribution in [3.8, 4) is 0 Å². The minimum atomic E-state index is -4.82. The molecule has 0 saturated heterocycles. The summed E-state index contributed by atoms with van der Waals surface area (Å²) in [7, 11) is -4.43. The zero-order valence-corrected chi connectivity index (χ0v) is 17.1. The summed E-state index contributed by atoms with van der Waals surface area (Å²) in [6, 6.07) is 15.0. The zero-order chi connectivity index (χ0) is 22.1. The van der Waals surface area contributed by atoms with Gasteiger partial charge in [0.1, 0.15) is 0 Å². The molecule has 0 atom stereocenters. The van der Waals surface area contributed by atoms with Crippen molar-refractivity contribution in [2.45, 2.75) is 18.0 Å². The molecule has 4 nitrogen and oxygen atoms in total. The highest BCUT2D eigenvalue weighted by Crippen LogP contribution is 2.36. The summed E-state index contributed by atoms with van der Waals surface area (Å²) in [5, 5.41) is -0.614. The van der Waals surface area contributed by atoms with Crippen molar-refractivity contribution in [1.29, 1.82) is 0 Å². The fourth-order valence-electron chi connectivity index (χ4n) is 2.78. The first-order valence-electron chi connectivity index (χ1n) is 8.59. The number of ketones is 1. The number of halogens is 4. The normalized spacial score (nSPS) is 11.9. The molecule has 0 radical (unpaired) electrons. The van der Waals surface area contributed by atoms with Crippen LogP contribution in [0.15, 0.2) is 71.6 Å². The summed E-state index contributed by atoms with van der Waals surface area (Å²) in [5.41, 5.74) is -0.235. The Morgan fingerprint density at radius 3 is 2.27 bits per heavy atom. The van der Waals surface area contributed by atoms with Crippen molar-refractivity contribution in [3.05, 3.63) is 94.0 Å². The van der Waals surface area contributed by atoms with Crippen LogP contribution in [0.2, 0.25) is 5.02 Å². The SMILES string of the molecule is Cc1ccc(C(=O)c2ccccc2)c(NS(=O)(=O)c2ccc(Cl)c(C(F)(F)F)c2)c1. The molecule has 3 aromatic carbocycles. The van der Waals surface area contributed by atoms with Crippen LogP contribution in [0.3, 0.4) is 0 Å². The molecule has 1 N–H and O–H groups in total. The Bertz CT molecular complexity index is 1210. The number of carbonyl (C=O) groups excluding carboxylic acids is 1. The van der Waals surface area contributed by atoms with Crippen LogP contribution in [-0.2, 0) is 16.2 Å². The topological polar surface area (TPSA) is 63.2 Å². The largest absolute Gasteiger partial charge is 0.417 e. The Morgan fingerprint density at radius 1 is 0.967 bits per heavy atom. The number of anilines is 1. The van der Waals surface area contributed by atoms with Gasteiger partial charge in [0.2, 0.25) is 0 Å². The number of benzene rings is 3. The third-order valence-corrected chi connectivity index (χ3v) is 5.95. The molecule has 0 heterocycles. The molecule has 3 aromatic rings. The van der Waals surface area contributed by atoms with E-state index in [4.69, 9.17) is 11.6 Å². The summed E-state index contributed by atoms with van der Waals surface area (Å²) in [5.74, 6) is -0.430. The number of carbonyl (C=O) groups is 1. The van der Waals surface area contributed by atoms with E-state index in [1.54, 1.807) is 43.3 Å². The molecule has 3 rings (SSSR count). The average molecular weight is 454 g/mol. The Morgan fingerprint density at radius 2 is 1.63 bits per heavy atom. The molecule has 0 aliphatic carbocycles. The van der Waals surface area contributed by atoms with Gasteiger partial charge >= 0.3 is 6.18 Å². The average Bonchev–Trinajstić information content (AvgIpc) is 2.67. The van der Waals surface area contributed by atoms with Gasteiger partial charge in [-0.1, -0.05) is 48.0 Å². The Kier molecular flexibility index (Phi) is 5.92. The molecule has 0 unspecified atom stereocenters. The summed E-state index contributed by atoms with van der Waals surface area (Å²) >= 11 is 5.57. The van der Waals surface area contributed by atoms with Crippen molar-refractivity contribution in [3.63, 3.8) is 0 Å². The van der Waals surface area contributed by atoms with Crippen molar-refractivity contribution in [2.75, 3.05) is 4.72 Å². The lowest BCUT2D eigenvalue weighted by Crippen LogP contribution is -2.17. The molecule has 0 aliphatic rings. The molecule has 0 aromatic heterocycles. The van der Waals surface area contributed by atoms with Crippen LogP contribution in [-0.4, -0.2) is 14.2 Å². The van der Waals surface area contributed by atoms with E-state index in [-0.39, 0.29) is 11.3 Å². The lowest BCUT2D eigenvalue weighted by Gasteiger charge is -2.15. The predicted molar refractivity (Wildman–Crippen MR) is 108 cm³/mol. The van der Waals surface area contributed by atoms with Gasteiger partial charge in [-0.2, -0.15) is 13.2 Å². The lowest BCUT2D eigenvalue weighted by atomic mass is 10.0. The van der Waals surface area contributed by atoms with Gasteiger partial charge in [0.05, 0.1) is 21.2 Å². The van der Waals surface area contributed by atoms with Gasteiger partial charge in [0, 0.05) is 11.1 Å². The lowest BCUT2D eigenvalue weighted by molar-refractivity contribution is -0.137. The standard InChI is InChI=1S/C21H15ClF3NO3S/c1-13-7-9-16(20(27)14-5-3-2-4-6-14)19(11-13)26-30(28,29)15-8-10-18(22)17(12-15)21(23,24)25/h2-12,26H,1H3. The Balaban J connectivity index is 2.04. The van der Waals surface area contributed by atoms with Crippen molar-refractivity contribution >= 4 is 33.1 Å². The quantitative estimate of drug-likeness (QED) is 0.504. The van der Waals surface area contributed by atoms with E-state index in [1.807, 2.05) is 0 Å². The fourth-order valence-corrected chi connectivity index (χ4v) is 4.10. The summed E-state index contributed by atoms with van der Waals surface area (Å²) in [6.07, 6.45) is -4.82. The number of hydrogen-bond donors (Lipinski definition) is 1. The van der Waals surface area contributed by atoms with E-state index >= 15 is 0 Å². The molecule has 30 heavy (non-hydrogen) atoms. The highest BCUT2D eigenvalue weighted by atomic mass is 35.5. The van der Waals surface area contributed by atoms with Crippen LogP contribution in [0.4, 0.5) is 18.9 Å². The molecule has 0 fully saturated rings. The molecule has 156 valence electrons. The number of sulfonamides is 1. The van der Waals surface area contributed by atoms with Gasteiger partial charge in [-0.15, -0.1) is 0 Å². The summed E-state index contributed by atoms with van der Waals surface area (Å²) < 4.78 is 67.1. The third kappa shape index (κ3) is 4.66. The van der Waals surface area contributed by atoms with Crippen molar-refractivity contribution < 1.29 is 26.4 Å². The summed E-state index contributed by atoms with van der Waals surface area (Å²) in [4.78, 5) is 12.2. The fraction of sp³-hybridized carbons (Fsp3) is 0.0952. The van der Waals surface area contributed by atoms with Gasteiger partial charge in [-0.25, -0.2) is 8.42 Å². The van der Waals surface area contributed by atoms with E-state index in [0.29, 0.717) is 17.2 Å². The maximum atomic E-state index is 13.1. The number of nitrogens with one attached hydrogen (secondary N) is 1. The second-order valence-electron chi connectivity index (χ2n) is 6.49. The van der Waals surface area contributed by atoms with Crippen molar-refractivity contribution in [1.82, 2.24) is 0 Å². The summed E-state index contributed by atoms with van der Waals surface area (Å²) in [6.45, 7) is 1.69. The number of rotatable bonds is 5. The van der Waals surface area contributed by atoms with E-state index in [9.17, 15) is 26.4 Å². The van der Waals surface area contributed by atoms with Crippen LogP contribution >= 0.6 is 11.6 Å². The minimum Gasteiger partial charge on any atom is -0.289 e. The van der Waals surface area contributed by atoms with E-state index < -0.39 is 37.5 Å². The monoisotopic (exact) mass is 453 g/mol. The molecule has 0 spiro atoms. The van der Waals surface area contributed by atoms with Crippen LogP contribution in [0.25, 0.3) is 0 Å². The molecule has 0 bridgehead atoms. The van der Waals surface area contributed by atoms with E-state index in [2.05, 4.69) is 4.72 Å². The Hall–Kier alpha value is -2.84. The number of alkyl halides is 3. The predicted octanol–water partition coefficient (Wildman–Crippen LogP) is 5.70. The van der Waals surface area contributed by atoms with Crippen LogP contribution in [0, 0.1) is 6.92 Å². The minimum absolute atomic E-state index is 0.0349. The smallest absolute Gasteiger partial charge is 0.289 e. The van der Waals surface area contributed by atoms with Gasteiger partial charge in [0.15, 0.2) is 5.78 Å². The van der Waals surface area contributed by atoms with Gasteiger partial charge < -0.3 is 0 Å². The highest BCUT2D eigenvalue weighted by Gasteiger charge is 2.34. The zero-order valence-electron chi connectivity index (χ0n) is 15.5. The first-order valence-corrected chi connectivity index (χ1v) is 10.4. The molecular weight excluding hydrogens is 439 g/mol. The first kappa shape index (κ1) is 21.9. The molecule has 9 heteroatoms. The molecule has 0 aliphatic heterocycles. The van der Waals surface area contributed by atoms with Crippen molar-refractivity contribution in [2.24, 2.45) is 0 Å². The second-order valence-corrected chi connectivity index (χ2v) is 8.58. The highest BCUT2D eigenvalue weighted by molar-refractivity contribution is 7.92. The third-order valence-electron chi connectivity index (χ3n) is 4.25. The van der Waals surface area contributed by atoms with Gasteiger partial charge in [0.25, 0.3) is 10.0 Å².